The monoisotopic (exact) mass is 600 g/mol. The van der Waals surface area contributed by atoms with Gasteiger partial charge in [-0.3, -0.25) is 4.79 Å². The SMILES string of the molecule is N#Cc1ccc(NC2CCC(OCC(=O)N3CCCN(c4ccc(SC(F)(F)F)cc4)CC3)CC2)cc1C(F)(F)F. The van der Waals surface area contributed by atoms with Crippen molar-refractivity contribution in [1.82, 2.24) is 4.90 Å². The fourth-order valence-electron chi connectivity index (χ4n) is 5.14. The molecule has 2 aromatic carbocycles. The molecule has 41 heavy (non-hydrogen) atoms. The predicted octanol–water partition coefficient (Wildman–Crippen LogP) is 6.67. The third kappa shape index (κ3) is 8.94. The quantitative estimate of drug-likeness (QED) is 0.283. The molecule has 0 unspecified atom stereocenters. The molecule has 1 aliphatic heterocycles. The Morgan fingerprint density at radius 1 is 0.976 bits per heavy atom. The lowest BCUT2D eigenvalue weighted by Crippen LogP contribution is -2.39. The molecule has 13 heteroatoms. The van der Waals surface area contributed by atoms with Gasteiger partial charge in [0.2, 0.25) is 5.91 Å². The maximum atomic E-state index is 13.2. The van der Waals surface area contributed by atoms with Gasteiger partial charge in [-0.25, -0.2) is 0 Å². The molecule has 1 N–H and O–H groups in total. The van der Waals surface area contributed by atoms with E-state index in [4.69, 9.17) is 10.00 Å². The van der Waals surface area contributed by atoms with Gasteiger partial charge in [0.15, 0.2) is 0 Å². The van der Waals surface area contributed by atoms with Crippen LogP contribution in [0.15, 0.2) is 47.4 Å². The number of benzene rings is 2. The van der Waals surface area contributed by atoms with Crippen molar-refractivity contribution in [3.63, 3.8) is 0 Å². The molecule has 0 spiro atoms. The number of carbonyl (C=O) groups excluding carboxylic acids is 1. The largest absolute Gasteiger partial charge is 0.446 e. The van der Waals surface area contributed by atoms with Crippen LogP contribution in [0.4, 0.5) is 37.7 Å². The van der Waals surface area contributed by atoms with Crippen LogP contribution in [0.5, 0.6) is 0 Å². The van der Waals surface area contributed by atoms with E-state index in [0.29, 0.717) is 64.0 Å². The molecule has 1 heterocycles. The third-order valence-corrected chi connectivity index (χ3v) is 7.96. The van der Waals surface area contributed by atoms with Crippen LogP contribution in [0.3, 0.4) is 0 Å². The van der Waals surface area contributed by atoms with E-state index in [1.807, 2.05) is 0 Å². The van der Waals surface area contributed by atoms with Crippen LogP contribution in [-0.4, -0.2) is 61.2 Å². The van der Waals surface area contributed by atoms with Crippen molar-refractivity contribution >= 4 is 29.0 Å². The van der Waals surface area contributed by atoms with Crippen LogP contribution < -0.4 is 10.2 Å². The van der Waals surface area contributed by atoms with Crippen LogP contribution in [0.2, 0.25) is 0 Å². The van der Waals surface area contributed by atoms with Crippen molar-refractivity contribution in [2.45, 2.75) is 60.8 Å². The van der Waals surface area contributed by atoms with Gasteiger partial charge in [-0.15, -0.1) is 0 Å². The minimum Gasteiger partial charge on any atom is -0.382 e. The molecule has 1 saturated heterocycles. The summed E-state index contributed by atoms with van der Waals surface area (Å²) in [6, 6.07) is 11.4. The second-order valence-corrected chi connectivity index (χ2v) is 11.2. The summed E-state index contributed by atoms with van der Waals surface area (Å²) in [6.45, 7) is 2.21. The highest BCUT2D eigenvalue weighted by atomic mass is 32.2. The summed E-state index contributed by atoms with van der Waals surface area (Å²) >= 11 is -0.152. The number of amides is 1. The Morgan fingerprint density at radius 3 is 2.32 bits per heavy atom. The van der Waals surface area contributed by atoms with E-state index in [1.54, 1.807) is 23.1 Å². The predicted molar refractivity (Wildman–Crippen MR) is 144 cm³/mol. The van der Waals surface area contributed by atoms with Gasteiger partial charge in [-0.1, -0.05) is 0 Å². The summed E-state index contributed by atoms with van der Waals surface area (Å²) in [7, 11) is 0. The maximum Gasteiger partial charge on any atom is 0.446 e. The number of halogens is 6. The number of hydrogen-bond acceptors (Lipinski definition) is 6. The lowest BCUT2D eigenvalue weighted by atomic mass is 9.92. The number of nitriles is 1. The van der Waals surface area contributed by atoms with Gasteiger partial charge < -0.3 is 19.9 Å². The van der Waals surface area contributed by atoms with E-state index in [0.717, 1.165) is 11.8 Å². The normalized spacial score (nSPS) is 20.3. The molecule has 0 aromatic heterocycles. The van der Waals surface area contributed by atoms with Crippen molar-refractivity contribution in [2.24, 2.45) is 0 Å². The van der Waals surface area contributed by atoms with Gasteiger partial charge in [0.1, 0.15) is 6.61 Å². The molecule has 1 aliphatic carbocycles. The van der Waals surface area contributed by atoms with Crippen molar-refractivity contribution in [2.75, 3.05) is 43.0 Å². The first-order chi connectivity index (χ1) is 19.4. The van der Waals surface area contributed by atoms with Crippen molar-refractivity contribution in [3.8, 4) is 6.07 Å². The molecule has 2 aliphatic rings. The average molecular weight is 601 g/mol. The Balaban J connectivity index is 1.20. The molecule has 2 fully saturated rings. The first-order valence-corrected chi connectivity index (χ1v) is 14.1. The maximum absolute atomic E-state index is 13.2. The molecule has 0 radical (unpaired) electrons. The molecule has 0 bridgehead atoms. The zero-order chi connectivity index (χ0) is 29.6. The highest BCUT2D eigenvalue weighted by molar-refractivity contribution is 8.00. The lowest BCUT2D eigenvalue weighted by Gasteiger charge is -2.30. The smallest absolute Gasteiger partial charge is 0.382 e. The van der Waals surface area contributed by atoms with Gasteiger partial charge in [-0.2, -0.15) is 31.6 Å². The minimum atomic E-state index is -4.61. The summed E-state index contributed by atoms with van der Waals surface area (Å²) < 4.78 is 83.4. The molecule has 4 rings (SSSR count). The van der Waals surface area contributed by atoms with Crippen molar-refractivity contribution in [3.05, 3.63) is 53.6 Å². The Morgan fingerprint density at radius 2 is 1.68 bits per heavy atom. The fourth-order valence-corrected chi connectivity index (χ4v) is 5.68. The van der Waals surface area contributed by atoms with Crippen LogP contribution in [0.25, 0.3) is 0 Å². The van der Waals surface area contributed by atoms with E-state index >= 15 is 0 Å². The number of rotatable bonds is 7. The van der Waals surface area contributed by atoms with Crippen LogP contribution in [0.1, 0.15) is 43.2 Å². The number of hydrogen-bond donors (Lipinski definition) is 1. The number of alkyl halides is 6. The van der Waals surface area contributed by atoms with E-state index in [-0.39, 0.29) is 41.3 Å². The first-order valence-electron chi connectivity index (χ1n) is 13.3. The van der Waals surface area contributed by atoms with Crippen molar-refractivity contribution < 1.29 is 35.9 Å². The number of nitrogens with zero attached hydrogens (tertiary/aromatic N) is 3. The third-order valence-electron chi connectivity index (χ3n) is 7.22. The molecule has 222 valence electrons. The standard InChI is InChI=1S/C28H30F6N4O2S/c29-27(30,31)25-16-21(3-2-19(25)17-35)36-20-4-8-23(9-5-20)40-18-26(39)38-13-1-12-37(14-15-38)22-6-10-24(11-7-22)41-28(32,33)34/h2-3,6-7,10-11,16,20,23,36H,1,4-5,8-9,12-15,18H2. The highest BCUT2D eigenvalue weighted by Crippen LogP contribution is 2.37. The molecular weight excluding hydrogens is 570 g/mol. The summed E-state index contributed by atoms with van der Waals surface area (Å²) in [4.78, 5) is 16.7. The zero-order valence-electron chi connectivity index (χ0n) is 22.1. The first kappa shape index (κ1) is 30.8. The van der Waals surface area contributed by atoms with Crippen molar-refractivity contribution in [1.29, 1.82) is 5.26 Å². The average Bonchev–Trinajstić information content (AvgIpc) is 3.18. The minimum absolute atomic E-state index is 0.0442. The highest BCUT2D eigenvalue weighted by Gasteiger charge is 2.34. The zero-order valence-corrected chi connectivity index (χ0v) is 22.9. The molecule has 1 amide bonds. The number of thioether (sulfide) groups is 1. The summed E-state index contributed by atoms with van der Waals surface area (Å²) in [5.41, 5.74) is -4.60. The topological polar surface area (TPSA) is 68.6 Å². The molecule has 2 aromatic rings. The lowest BCUT2D eigenvalue weighted by molar-refractivity contribution is -0.139. The summed E-state index contributed by atoms with van der Waals surface area (Å²) in [6.07, 6.45) is -1.38. The van der Waals surface area contributed by atoms with E-state index < -0.39 is 22.8 Å². The molecular formula is C28H30F6N4O2S. The van der Waals surface area contributed by atoms with Gasteiger partial charge in [0.05, 0.1) is 23.3 Å². The number of nitrogens with one attached hydrogen (secondary N) is 1. The number of anilines is 2. The second-order valence-electron chi connectivity index (χ2n) is 10.1. The fraction of sp³-hybridized carbons (Fsp3) is 0.500. The van der Waals surface area contributed by atoms with Gasteiger partial charge in [-0.05, 0) is 86.3 Å². The van der Waals surface area contributed by atoms with Crippen LogP contribution >= 0.6 is 11.8 Å². The summed E-state index contributed by atoms with van der Waals surface area (Å²) in [5, 5.41) is 12.1. The van der Waals surface area contributed by atoms with Crippen LogP contribution in [0, 0.1) is 11.3 Å². The van der Waals surface area contributed by atoms with E-state index in [9.17, 15) is 31.1 Å². The van der Waals surface area contributed by atoms with Crippen LogP contribution in [-0.2, 0) is 15.7 Å². The number of ether oxygens (including phenoxy) is 1. The van der Waals surface area contributed by atoms with Gasteiger partial charge >= 0.3 is 11.7 Å². The number of carbonyl (C=O) groups is 1. The van der Waals surface area contributed by atoms with E-state index in [1.165, 1.54) is 24.3 Å². The van der Waals surface area contributed by atoms with E-state index in [2.05, 4.69) is 10.2 Å². The Labute approximate surface area is 238 Å². The Hall–Kier alpha value is -3.11. The van der Waals surface area contributed by atoms with Gasteiger partial charge in [0, 0.05) is 48.5 Å². The summed E-state index contributed by atoms with van der Waals surface area (Å²) in [5.74, 6) is -0.124. The Kier molecular flexibility index (Phi) is 9.96. The molecule has 0 atom stereocenters. The molecule has 1 saturated carbocycles. The molecule has 6 nitrogen and oxygen atoms in total. The second kappa shape index (κ2) is 13.2. The van der Waals surface area contributed by atoms with Gasteiger partial charge in [0.25, 0.3) is 0 Å². The Bertz CT molecular complexity index is 1220.